The van der Waals surface area contributed by atoms with Crippen molar-refractivity contribution in [3.8, 4) is 5.75 Å². The summed E-state index contributed by atoms with van der Waals surface area (Å²) in [6.07, 6.45) is 1.99. The van der Waals surface area contributed by atoms with E-state index in [0.717, 1.165) is 10.5 Å². The number of aliphatic hydroxyl groups excluding tert-OH is 1. The average molecular weight is 288 g/mol. The van der Waals surface area contributed by atoms with Crippen molar-refractivity contribution in [1.29, 1.82) is 0 Å². The molecule has 4 heteroatoms. The quantitative estimate of drug-likeness (QED) is 0.655. The predicted molar refractivity (Wildman–Crippen MR) is 80.4 cm³/mol. The maximum atomic E-state index is 12.0. The van der Waals surface area contributed by atoms with E-state index in [0.29, 0.717) is 11.3 Å². The van der Waals surface area contributed by atoms with Gasteiger partial charge in [-0.1, -0.05) is 24.3 Å². The van der Waals surface area contributed by atoms with Crippen molar-refractivity contribution >= 4 is 17.5 Å². The Labute approximate surface area is 122 Å². The second-order valence-electron chi connectivity index (χ2n) is 4.25. The summed E-state index contributed by atoms with van der Waals surface area (Å²) in [4.78, 5) is 13.1. The van der Waals surface area contributed by atoms with Crippen molar-refractivity contribution in [2.24, 2.45) is 0 Å². The zero-order valence-electron chi connectivity index (χ0n) is 11.2. The monoisotopic (exact) mass is 288 g/mol. The van der Waals surface area contributed by atoms with Crippen molar-refractivity contribution < 1.29 is 14.6 Å². The SMILES string of the molecule is CSc1ccc(C(=O)COc2cccc(CO)c2)cc1. The molecule has 0 aliphatic carbocycles. The number of ketones is 1. The summed E-state index contributed by atoms with van der Waals surface area (Å²) in [5.41, 5.74) is 1.40. The number of aliphatic hydroxyl groups is 1. The lowest BCUT2D eigenvalue weighted by molar-refractivity contribution is 0.0921. The number of rotatable bonds is 6. The van der Waals surface area contributed by atoms with Gasteiger partial charge in [0.1, 0.15) is 5.75 Å². The molecule has 0 amide bonds. The van der Waals surface area contributed by atoms with E-state index in [9.17, 15) is 4.79 Å². The largest absolute Gasteiger partial charge is 0.485 e. The first-order valence-corrected chi connectivity index (χ1v) is 7.45. The summed E-state index contributed by atoms with van der Waals surface area (Å²) >= 11 is 1.64. The van der Waals surface area contributed by atoms with Gasteiger partial charge in [0.2, 0.25) is 0 Å². The van der Waals surface area contributed by atoms with Gasteiger partial charge in [0.15, 0.2) is 12.4 Å². The normalized spacial score (nSPS) is 10.3. The molecule has 0 spiro atoms. The third-order valence-electron chi connectivity index (χ3n) is 2.86. The maximum absolute atomic E-state index is 12.0. The molecule has 0 saturated carbocycles. The van der Waals surface area contributed by atoms with Crippen molar-refractivity contribution in [1.82, 2.24) is 0 Å². The summed E-state index contributed by atoms with van der Waals surface area (Å²) in [5.74, 6) is 0.526. The first-order valence-electron chi connectivity index (χ1n) is 6.23. The lowest BCUT2D eigenvalue weighted by atomic mass is 10.1. The summed E-state index contributed by atoms with van der Waals surface area (Å²) in [6.45, 7) is -0.0468. The summed E-state index contributed by atoms with van der Waals surface area (Å²) in [6, 6.07) is 14.5. The molecule has 0 unspecified atom stereocenters. The number of hydrogen-bond acceptors (Lipinski definition) is 4. The lowest BCUT2D eigenvalue weighted by Crippen LogP contribution is -2.11. The molecule has 2 aromatic carbocycles. The molecule has 104 valence electrons. The van der Waals surface area contributed by atoms with Crippen LogP contribution in [0, 0.1) is 0 Å². The predicted octanol–water partition coefficient (Wildman–Crippen LogP) is 3.16. The highest BCUT2D eigenvalue weighted by atomic mass is 32.2. The van der Waals surface area contributed by atoms with E-state index in [1.54, 1.807) is 36.0 Å². The van der Waals surface area contributed by atoms with Crippen LogP contribution in [0.25, 0.3) is 0 Å². The first kappa shape index (κ1) is 14.6. The molecule has 0 aliphatic heterocycles. The van der Waals surface area contributed by atoms with Crippen LogP contribution in [-0.4, -0.2) is 23.8 Å². The second-order valence-corrected chi connectivity index (χ2v) is 5.13. The summed E-state index contributed by atoms with van der Waals surface area (Å²) in [5, 5.41) is 9.04. The van der Waals surface area contributed by atoms with Gasteiger partial charge in [-0.15, -0.1) is 11.8 Å². The zero-order valence-corrected chi connectivity index (χ0v) is 12.0. The lowest BCUT2D eigenvalue weighted by Gasteiger charge is -2.07. The van der Waals surface area contributed by atoms with Crippen molar-refractivity contribution in [3.05, 3.63) is 59.7 Å². The van der Waals surface area contributed by atoms with Crippen LogP contribution in [0.2, 0.25) is 0 Å². The van der Waals surface area contributed by atoms with Crippen LogP contribution in [-0.2, 0) is 6.61 Å². The second kappa shape index (κ2) is 7.12. The Balaban J connectivity index is 1.97. The van der Waals surface area contributed by atoms with Gasteiger partial charge in [-0.05, 0) is 36.1 Å². The molecule has 0 heterocycles. The third kappa shape index (κ3) is 3.85. The van der Waals surface area contributed by atoms with E-state index in [-0.39, 0.29) is 19.0 Å². The van der Waals surface area contributed by atoms with E-state index in [1.165, 1.54) is 0 Å². The number of benzene rings is 2. The van der Waals surface area contributed by atoms with E-state index >= 15 is 0 Å². The van der Waals surface area contributed by atoms with Crippen LogP contribution in [0.3, 0.4) is 0 Å². The highest BCUT2D eigenvalue weighted by Crippen LogP contribution is 2.16. The fourth-order valence-electron chi connectivity index (χ4n) is 1.74. The number of ether oxygens (including phenoxy) is 1. The molecular weight excluding hydrogens is 272 g/mol. The van der Waals surface area contributed by atoms with E-state index in [1.807, 2.05) is 30.5 Å². The Morgan fingerprint density at radius 2 is 1.95 bits per heavy atom. The highest BCUT2D eigenvalue weighted by molar-refractivity contribution is 7.98. The van der Waals surface area contributed by atoms with Gasteiger partial charge in [0.25, 0.3) is 0 Å². The van der Waals surface area contributed by atoms with Crippen LogP contribution in [0.1, 0.15) is 15.9 Å². The third-order valence-corrected chi connectivity index (χ3v) is 3.61. The average Bonchev–Trinajstić information content (AvgIpc) is 2.53. The van der Waals surface area contributed by atoms with E-state index in [2.05, 4.69) is 0 Å². The molecular formula is C16H16O3S. The van der Waals surface area contributed by atoms with E-state index < -0.39 is 0 Å². The van der Waals surface area contributed by atoms with Gasteiger partial charge >= 0.3 is 0 Å². The standard InChI is InChI=1S/C16H16O3S/c1-20-15-7-5-13(6-8-15)16(18)11-19-14-4-2-3-12(9-14)10-17/h2-9,17H,10-11H2,1H3. The Morgan fingerprint density at radius 3 is 2.60 bits per heavy atom. The number of carbonyl (C=O) groups is 1. The molecule has 0 fully saturated rings. The maximum Gasteiger partial charge on any atom is 0.200 e. The number of thioether (sulfide) groups is 1. The molecule has 2 rings (SSSR count). The van der Waals surface area contributed by atoms with Crippen LogP contribution in [0.15, 0.2) is 53.4 Å². The number of carbonyl (C=O) groups excluding carboxylic acids is 1. The van der Waals surface area contributed by atoms with Gasteiger partial charge in [0.05, 0.1) is 6.61 Å². The Bertz CT molecular complexity index is 579. The topological polar surface area (TPSA) is 46.5 Å². The van der Waals surface area contributed by atoms with Crippen LogP contribution >= 0.6 is 11.8 Å². The Morgan fingerprint density at radius 1 is 1.20 bits per heavy atom. The minimum atomic E-state index is -0.0629. The minimum Gasteiger partial charge on any atom is -0.485 e. The fourth-order valence-corrected chi connectivity index (χ4v) is 2.15. The molecule has 0 aromatic heterocycles. The number of hydrogen-bond donors (Lipinski definition) is 1. The van der Waals surface area contributed by atoms with Gasteiger partial charge in [-0.2, -0.15) is 0 Å². The van der Waals surface area contributed by atoms with Crippen molar-refractivity contribution in [3.63, 3.8) is 0 Å². The summed E-state index contributed by atoms with van der Waals surface area (Å²) < 4.78 is 5.46. The van der Waals surface area contributed by atoms with Crippen molar-refractivity contribution in [2.75, 3.05) is 12.9 Å². The molecule has 3 nitrogen and oxygen atoms in total. The molecule has 1 N–H and O–H groups in total. The van der Waals surface area contributed by atoms with E-state index in [4.69, 9.17) is 9.84 Å². The highest BCUT2D eigenvalue weighted by Gasteiger charge is 2.07. The zero-order chi connectivity index (χ0) is 14.4. The first-order chi connectivity index (χ1) is 9.72. The summed E-state index contributed by atoms with van der Waals surface area (Å²) in [7, 11) is 0. The number of Topliss-reactive ketones (excluding diaryl/α,β-unsaturated/α-hetero) is 1. The molecule has 2 aromatic rings. The fraction of sp³-hybridized carbons (Fsp3) is 0.188. The molecule has 20 heavy (non-hydrogen) atoms. The molecule has 0 aliphatic rings. The Kier molecular flexibility index (Phi) is 5.21. The molecule has 0 atom stereocenters. The van der Waals surface area contributed by atoms with Gasteiger partial charge in [0, 0.05) is 10.5 Å². The van der Waals surface area contributed by atoms with Crippen LogP contribution in [0.4, 0.5) is 0 Å². The van der Waals surface area contributed by atoms with Gasteiger partial charge in [-0.25, -0.2) is 0 Å². The van der Waals surface area contributed by atoms with Crippen LogP contribution < -0.4 is 4.74 Å². The Hall–Kier alpha value is -1.78. The molecule has 0 bridgehead atoms. The molecule has 0 saturated heterocycles. The van der Waals surface area contributed by atoms with Gasteiger partial charge in [-0.3, -0.25) is 4.79 Å². The van der Waals surface area contributed by atoms with Crippen LogP contribution in [0.5, 0.6) is 5.75 Å². The molecule has 0 radical (unpaired) electrons. The smallest absolute Gasteiger partial charge is 0.200 e. The van der Waals surface area contributed by atoms with Crippen molar-refractivity contribution in [2.45, 2.75) is 11.5 Å². The van der Waals surface area contributed by atoms with Gasteiger partial charge < -0.3 is 9.84 Å². The minimum absolute atomic E-state index is 0.00645.